The highest BCUT2D eigenvalue weighted by Gasteiger charge is 2.21. The van der Waals surface area contributed by atoms with Crippen molar-refractivity contribution in [1.29, 1.82) is 0 Å². The van der Waals surface area contributed by atoms with Crippen LogP contribution in [0.5, 0.6) is 0 Å². The second kappa shape index (κ2) is 13.4. The van der Waals surface area contributed by atoms with Gasteiger partial charge in [0, 0.05) is 59.1 Å². The number of benzene rings is 10. The van der Waals surface area contributed by atoms with E-state index in [0.717, 1.165) is 22.7 Å². The Balaban J connectivity index is 1.14. The van der Waals surface area contributed by atoms with Gasteiger partial charge in [-0.2, -0.15) is 0 Å². The fourth-order valence-electron chi connectivity index (χ4n) is 8.76. The SMILES string of the molecule is Cc1ccc(N(c2ccc3c(c2)sc2c4ccc(N(c5ccc(C)cc5)c5cccc6ccccc56)cc4c4ccccc4c32)c2cccc3ccccc23)cc1. The smallest absolute Gasteiger partial charge is 0.0540 e. The molecule has 0 unspecified atom stereocenters. The first-order valence-corrected chi connectivity index (χ1v) is 20.4. The molecule has 3 heteroatoms. The van der Waals surface area contributed by atoms with Crippen LogP contribution in [0, 0.1) is 13.8 Å². The van der Waals surface area contributed by atoms with Crippen LogP contribution in [0.25, 0.3) is 63.3 Å². The van der Waals surface area contributed by atoms with Crippen LogP contribution in [0.4, 0.5) is 34.1 Å². The number of anilines is 6. The molecular weight excluding hydrogens is 709 g/mol. The highest BCUT2D eigenvalue weighted by molar-refractivity contribution is 7.27. The zero-order chi connectivity index (χ0) is 38.0. The molecule has 0 aliphatic carbocycles. The van der Waals surface area contributed by atoms with Crippen LogP contribution in [-0.4, -0.2) is 0 Å². The molecule has 0 saturated heterocycles. The first kappa shape index (κ1) is 33.4. The number of fused-ring (bicyclic) bond motifs is 10. The number of aryl methyl sites for hydroxylation is 2. The lowest BCUT2D eigenvalue weighted by Crippen LogP contribution is -2.10. The Labute approximate surface area is 336 Å². The van der Waals surface area contributed by atoms with E-state index in [1.165, 1.54) is 85.8 Å². The maximum atomic E-state index is 2.42. The van der Waals surface area contributed by atoms with Crippen molar-refractivity contribution in [2.75, 3.05) is 9.80 Å². The van der Waals surface area contributed by atoms with Crippen molar-refractivity contribution in [1.82, 2.24) is 0 Å². The van der Waals surface area contributed by atoms with E-state index in [-0.39, 0.29) is 0 Å². The first-order valence-electron chi connectivity index (χ1n) is 19.6. The fraction of sp³-hybridized carbons (Fsp3) is 0.0370. The molecule has 270 valence electrons. The summed E-state index contributed by atoms with van der Waals surface area (Å²) in [5.74, 6) is 0. The minimum absolute atomic E-state index is 1.14. The average Bonchev–Trinajstić information content (AvgIpc) is 3.65. The molecule has 0 atom stereocenters. The molecule has 10 aromatic carbocycles. The fourth-order valence-corrected chi connectivity index (χ4v) is 10.0. The van der Waals surface area contributed by atoms with Gasteiger partial charge in [-0.25, -0.2) is 0 Å². The molecule has 0 saturated carbocycles. The quantitative estimate of drug-likeness (QED) is 0.156. The predicted octanol–water partition coefficient (Wildman–Crippen LogP) is 16.2. The molecule has 0 aliphatic heterocycles. The first-order chi connectivity index (χ1) is 28.1. The summed E-state index contributed by atoms with van der Waals surface area (Å²) in [7, 11) is 0. The van der Waals surface area contributed by atoms with Gasteiger partial charge in [-0.1, -0.05) is 145 Å². The molecule has 1 heterocycles. The van der Waals surface area contributed by atoms with Crippen molar-refractivity contribution in [3.63, 3.8) is 0 Å². The van der Waals surface area contributed by atoms with Crippen molar-refractivity contribution < 1.29 is 0 Å². The van der Waals surface area contributed by atoms with Gasteiger partial charge in [0.25, 0.3) is 0 Å². The molecule has 0 spiro atoms. The molecule has 0 aliphatic rings. The van der Waals surface area contributed by atoms with Crippen molar-refractivity contribution in [3.05, 3.63) is 205 Å². The Morgan fingerprint density at radius 3 is 1.37 bits per heavy atom. The number of hydrogen-bond acceptors (Lipinski definition) is 3. The standard InChI is InChI=1S/C54H38N2S/c1-35-21-25-39(26-22-35)55(50-19-9-13-37-11-3-5-15-43(37)50)41-29-31-47-49(33-41)45-17-7-8-18-46(45)53-48-32-30-42(34-52(48)57-54(47)53)56(40-27-23-36(2)24-28-40)51-20-10-14-38-12-4-6-16-44(38)51/h3-34H,1-2H3. The molecule has 0 radical (unpaired) electrons. The number of thiophene rings is 1. The largest absolute Gasteiger partial charge is 0.310 e. The summed E-state index contributed by atoms with van der Waals surface area (Å²) in [4.78, 5) is 4.84. The topological polar surface area (TPSA) is 6.48 Å². The predicted molar refractivity (Wildman–Crippen MR) is 248 cm³/mol. The van der Waals surface area contributed by atoms with Gasteiger partial charge in [-0.05, 0) is 101 Å². The van der Waals surface area contributed by atoms with Gasteiger partial charge in [-0.3, -0.25) is 0 Å². The summed E-state index contributed by atoms with van der Waals surface area (Å²) in [5, 5.41) is 12.6. The van der Waals surface area contributed by atoms with Gasteiger partial charge in [0.15, 0.2) is 0 Å². The third-order valence-electron chi connectivity index (χ3n) is 11.5. The van der Waals surface area contributed by atoms with Crippen LogP contribution in [0.3, 0.4) is 0 Å². The molecular formula is C54H38N2S. The van der Waals surface area contributed by atoms with Gasteiger partial charge in [0.05, 0.1) is 11.4 Å². The lowest BCUT2D eigenvalue weighted by Gasteiger charge is -2.27. The van der Waals surface area contributed by atoms with Crippen LogP contribution in [0.15, 0.2) is 194 Å². The van der Waals surface area contributed by atoms with Crippen LogP contribution >= 0.6 is 11.3 Å². The maximum Gasteiger partial charge on any atom is 0.0540 e. The molecule has 1 aromatic heterocycles. The average molecular weight is 747 g/mol. The van der Waals surface area contributed by atoms with Gasteiger partial charge < -0.3 is 9.80 Å². The Bertz CT molecular complexity index is 3310. The second-order valence-electron chi connectivity index (χ2n) is 15.1. The Hall–Kier alpha value is -6.94. The highest BCUT2D eigenvalue weighted by Crippen LogP contribution is 2.48. The molecule has 57 heavy (non-hydrogen) atoms. The lowest BCUT2D eigenvalue weighted by molar-refractivity contribution is 1.29. The summed E-state index contributed by atoms with van der Waals surface area (Å²) >= 11 is 1.90. The molecule has 11 rings (SSSR count). The van der Waals surface area contributed by atoms with Gasteiger partial charge >= 0.3 is 0 Å². The monoisotopic (exact) mass is 746 g/mol. The van der Waals surface area contributed by atoms with E-state index in [1.54, 1.807) is 0 Å². The van der Waals surface area contributed by atoms with E-state index < -0.39 is 0 Å². The lowest BCUT2D eigenvalue weighted by atomic mass is 9.96. The Morgan fingerprint density at radius 1 is 0.333 bits per heavy atom. The van der Waals surface area contributed by atoms with Crippen molar-refractivity contribution in [2.24, 2.45) is 0 Å². The summed E-state index contributed by atoms with van der Waals surface area (Å²) < 4.78 is 2.60. The minimum atomic E-state index is 1.14. The van der Waals surface area contributed by atoms with E-state index in [4.69, 9.17) is 0 Å². The number of rotatable bonds is 6. The molecule has 0 amide bonds. The van der Waals surface area contributed by atoms with E-state index >= 15 is 0 Å². The summed E-state index contributed by atoms with van der Waals surface area (Å²) in [6.07, 6.45) is 0. The molecule has 0 bridgehead atoms. The van der Waals surface area contributed by atoms with Crippen LogP contribution < -0.4 is 9.80 Å². The molecule has 0 fully saturated rings. The minimum Gasteiger partial charge on any atom is -0.310 e. The number of hydrogen-bond donors (Lipinski definition) is 0. The van der Waals surface area contributed by atoms with Crippen molar-refractivity contribution >= 4 is 109 Å². The highest BCUT2D eigenvalue weighted by atomic mass is 32.1. The van der Waals surface area contributed by atoms with E-state index in [1.807, 2.05) is 11.3 Å². The third kappa shape index (κ3) is 5.54. The second-order valence-corrected chi connectivity index (χ2v) is 16.2. The molecule has 2 nitrogen and oxygen atoms in total. The summed E-state index contributed by atoms with van der Waals surface area (Å²) in [6.45, 7) is 4.30. The summed E-state index contributed by atoms with van der Waals surface area (Å²) in [5.41, 5.74) is 9.40. The van der Waals surface area contributed by atoms with E-state index in [2.05, 4.69) is 218 Å². The van der Waals surface area contributed by atoms with Crippen LogP contribution in [0.1, 0.15) is 11.1 Å². The normalized spacial score (nSPS) is 11.7. The van der Waals surface area contributed by atoms with E-state index in [0.29, 0.717) is 0 Å². The zero-order valence-corrected chi connectivity index (χ0v) is 32.6. The Morgan fingerprint density at radius 2 is 0.789 bits per heavy atom. The van der Waals surface area contributed by atoms with E-state index in [9.17, 15) is 0 Å². The van der Waals surface area contributed by atoms with Gasteiger partial charge in [0.2, 0.25) is 0 Å². The Kier molecular flexibility index (Phi) is 7.84. The van der Waals surface area contributed by atoms with Crippen LogP contribution in [0.2, 0.25) is 0 Å². The zero-order valence-electron chi connectivity index (χ0n) is 31.8. The van der Waals surface area contributed by atoms with Crippen molar-refractivity contribution in [3.8, 4) is 0 Å². The maximum absolute atomic E-state index is 2.42. The van der Waals surface area contributed by atoms with Gasteiger partial charge in [-0.15, -0.1) is 11.3 Å². The summed E-state index contributed by atoms with van der Waals surface area (Å²) in [6, 6.07) is 71.5. The van der Waals surface area contributed by atoms with Crippen LogP contribution in [-0.2, 0) is 0 Å². The number of nitrogens with zero attached hydrogens (tertiary/aromatic N) is 2. The van der Waals surface area contributed by atoms with Crippen molar-refractivity contribution in [2.45, 2.75) is 13.8 Å². The molecule has 11 aromatic rings. The molecule has 0 N–H and O–H groups in total. The van der Waals surface area contributed by atoms with Gasteiger partial charge in [0.1, 0.15) is 0 Å². The third-order valence-corrected chi connectivity index (χ3v) is 12.7.